The summed E-state index contributed by atoms with van der Waals surface area (Å²) < 4.78 is 0. The van der Waals surface area contributed by atoms with Crippen LogP contribution in [-0.2, 0) is 22.5 Å². The summed E-state index contributed by atoms with van der Waals surface area (Å²) in [7, 11) is 0. The van der Waals surface area contributed by atoms with Crippen molar-refractivity contribution in [1.82, 2.24) is 0 Å². The van der Waals surface area contributed by atoms with Crippen LogP contribution in [0.4, 0.5) is 4.79 Å². The van der Waals surface area contributed by atoms with Gasteiger partial charge in [-0.1, -0.05) is 0 Å². The zero-order valence-electron chi connectivity index (χ0n) is 3.55. The fraction of sp³-hybridized carbons (Fsp3) is 0. The van der Waals surface area contributed by atoms with Gasteiger partial charge in [0.15, 0.2) is 0 Å². The van der Waals surface area contributed by atoms with Gasteiger partial charge in [-0.2, -0.15) is 0 Å². The normalized spacial score (nSPS) is 3.43. The molecule has 0 aliphatic rings. The average molecular weight is 139 g/mol. The quantitative estimate of drug-likeness (QED) is 0.345. The molecule has 1 radical (unpaired) electrons. The van der Waals surface area contributed by atoms with Crippen molar-refractivity contribution in [1.29, 1.82) is 0 Å². The molecule has 7 heavy (non-hydrogen) atoms. The Labute approximate surface area is 62.9 Å². The number of rotatable bonds is 0. The number of carbonyl (C=O) groups is 1. The molecule has 0 fully saturated rings. The van der Waals surface area contributed by atoms with Crippen LogP contribution in [0.3, 0.4) is 0 Å². The Bertz CT molecular complexity index is 34.7. The van der Waals surface area contributed by atoms with Crippen LogP contribution in [0.25, 0.3) is 0 Å². The van der Waals surface area contributed by atoms with Crippen LogP contribution in [0.15, 0.2) is 0 Å². The van der Waals surface area contributed by atoms with Crippen LogP contribution in [0.2, 0.25) is 0 Å². The Morgan fingerprint density at radius 1 is 1.57 bits per heavy atom. The molecule has 0 atom stereocenters. The summed E-state index contributed by atoms with van der Waals surface area (Å²) in [5.74, 6) is 0. The molecule has 0 spiro atoms. The summed E-state index contributed by atoms with van der Waals surface area (Å²) in [6.07, 6.45) is -2.08. The van der Waals surface area contributed by atoms with E-state index in [0.717, 1.165) is 0 Å². The average Bonchev–Trinajstić information content (AvgIpc) is 0.811. The summed E-state index contributed by atoms with van der Waals surface area (Å²) >= 11 is 0. The van der Waals surface area contributed by atoms with E-state index in [9.17, 15) is 0 Å². The van der Waals surface area contributed by atoms with Gasteiger partial charge in [-0.3, -0.25) is 0 Å². The van der Waals surface area contributed by atoms with Crippen LogP contribution in [-0.4, -0.2) is 11.3 Å². The number of carboxylic acid groups (broad SMARTS) is 2. The first kappa shape index (κ1) is 26.4. The van der Waals surface area contributed by atoms with Crippen molar-refractivity contribution >= 4 is 6.16 Å². The van der Waals surface area contributed by atoms with E-state index >= 15 is 0 Å². The second-order valence-electron chi connectivity index (χ2n) is 0.266. The predicted molar refractivity (Wildman–Crippen MR) is 8.71 cm³/mol. The zero-order chi connectivity index (χ0) is 3.58. The predicted octanol–water partition coefficient (Wildman–Crippen LogP) is -4.23. The van der Waals surface area contributed by atoms with E-state index in [4.69, 9.17) is 15.0 Å². The Hall–Kier alpha value is 0.347. The molecule has 1 N–H and O–H groups in total. The molecule has 0 saturated heterocycles. The van der Waals surface area contributed by atoms with Gasteiger partial charge in [-0.05, 0) is 0 Å². The van der Waals surface area contributed by atoms with Gasteiger partial charge >= 0.3 is 35.9 Å². The van der Waals surface area contributed by atoms with Crippen molar-refractivity contribution < 1.29 is 56.4 Å². The second-order valence-corrected chi connectivity index (χ2v) is 0.266. The number of hydrogen-bond donors (Lipinski definition) is 1. The Balaban J connectivity index is -0.0000000150. The van der Waals surface area contributed by atoms with Crippen molar-refractivity contribution in [2.45, 2.75) is 0 Å². The first-order chi connectivity index (χ1) is 1.73. The van der Waals surface area contributed by atoms with Gasteiger partial charge in [0.25, 0.3) is 0 Å². The molecule has 0 amide bonds. The van der Waals surface area contributed by atoms with Crippen molar-refractivity contribution in [3.63, 3.8) is 0 Å². The standard InChI is InChI=1S/CH2O3.Li.Mn.O/c2-1(3)4;;;/h(H2,2,3,4);;;/q;+1;+2;-2/p-1. The minimum absolute atomic E-state index is 0. The van der Waals surface area contributed by atoms with Crippen LogP contribution >= 0.6 is 0 Å². The Morgan fingerprint density at radius 3 is 1.57 bits per heavy atom. The van der Waals surface area contributed by atoms with Gasteiger partial charge in [0.2, 0.25) is 6.16 Å². The van der Waals surface area contributed by atoms with Gasteiger partial charge in [0, 0.05) is 0 Å². The van der Waals surface area contributed by atoms with Gasteiger partial charge in [-0.15, -0.1) is 0 Å². The zero-order valence-corrected chi connectivity index (χ0v) is 4.73. The van der Waals surface area contributed by atoms with E-state index in [2.05, 4.69) is 0 Å². The van der Waals surface area contributed by atoms with Gasteiger partial charge in [0.05, 0.1) is 0 Å². The van der Waals surface area contributed by atoms with E-state index in [0.29, 0.717) is 0 Å². The van der Waals surface area contributed by atoms with Crippen LogP contribution < -0.4 is 24.0 Å². The van der Waals surface area contributed by atoms with Gasteiger partial charge < -0.3 is 20.5 Å². The van der Waals surface area contributed by atoms with Gasteiger partial charge in [-0.25, -0.2) is 0 Å². The summed E-state index contributed by atoms with van der Waals surface area (Å²) in [6.45, 7) is 0. The molecule has 6 heteroatoms. The summed E-state index contributed by atoms with van der Waals surface area (Å²) in [5.41, 5.74) is 0. The minimum atomic E-state index is -2.08. The largest absolute Gasteiger partial charge is 2.00 e. The monoisotopic (exact) mass is 139 g/mol. The van der Waals surface area contributed by atoms with Gasteiger partial charge in [0.1, 0.15) is 0 Å². The third kappa shape index (κ3) is 997. The smallest absolute Gasteiger partial charge is 2.00 e. The maximum absolute atomic E-state index is 8.44. The third-order valence-corrected chi connectivity index (χ3v) is 0. The molecule has 37 valence electrons. The molecule has 0 rings (SSSR count). The molecule has 0 aliphatic carbocycles. The Morgan fingerprint density at radius 2 is 1.57 bits per heavy atom. The molecule has 0 unspecified atom stereocenters. The van der Waals surface area contributed by atoms with Crippen LogP contribution in [0, 0.1) is 0 Å². The summed E-state index contributed by atoms with van der Waals surface area (Å²) in [5, 5.41) is 15.3. The topological polar surface area (TPSA) is 88.9 Å². The third-order valence-electron chi connectivity index (χ3n) is 0. The van der Waals surface area contributed by atoms with E-state index in [-0.39, 0.29) is 41.4 Å². The van der Waals surface area contributed by atoms with E-state index in [1.54, 1.807) is 0 Å². The molecule has 0 aliphatic heterocycles. The molecular weight excluding hydrogens is 138 g/mol. The molecule has 0 bridgehead atoms. The number of hydrogen-bond acceptors (Lipinski definition) is 2. The SMILES string of the molecule is O=C([O-])O.[Li+].[Mn+2].[O-2]. The molecule has 4 nitrogen and oxygen atoms in total. The first-order valence-electron chi connectivity index (χ1n) is 0.632. The molecule has 0 heterocycles. The Kier molecular flexibility index (Phi) is 61.1. The van der Waals surface area contributed by atoms with E-state index < -0.39 is 6.16 Å². The fourth-order valence-corrected chi connectivity index (χ4v) is 0. The summed E-state index contributed by atoms with van der Waals surface area (Å²) in [6, 6.07) is 0. The molecule has 0 aromatic heterocycles. The molecular formula is CHLiMnO4. The fourth-order valence-electron chi connectivity index (χ4n) is 0. The first-order valence-corrected chi connectivity index (χ1v) is 0.632. The summed E-state index contributed by atoms with van der Waals surface area (Å²) in [4.78, 5) is 8.44. The minimum Gasteiger partial charge on any atom is -2.00 e. The molecule has 0 aromatic rings. The van der Waals surface area contributed by atoms with Crippen LogP contribution in [0.1, 0.15) is 0 Å². The maximum Gasteiger partial charge on any atom is 2.00 e. The maximum atomic E-state index is 8.44. The van der Waals surface area contributed by atoms with Crippen molar-refractivity contribution in [2.24, 2.45) is 0 Å². The van der Waals surface area contributed by atoms with Crippen molar-refractivity contribution in [3.05, 3.63) is 0 Å². The second kappa shape index (κ2) is 16.2. The molecule has 0 aromatic carbocycles. The van der Waals surface area contributed by atoms with Crippen molar-refractivity contribution in [2.75, 3.05) is 0 Å². The van der Waals surface area contributed by atoms with E-state index in [1.807, 2.05) is 0 Å². The van der Waals surface area contributed by atoms with Crippen molar-refractivity contribution in [3.8, 4) is 0 Å². The van der Waals surface area contributed by atoms with Crippen LogP contribution in [0.5, 0.6) is 0 Å². The molecule has 0 saturated carbocycles. The van der Waals surface area contributed by atoms with E-state index in [1.165, 1.54) is 0 Å².